The highest BCUT2D eigenvalue weighted by Crippen LogP contribution is 2.34. The van der Waals surface area contributed by atoms with Gasteiger partial charge in [-0.15, -0.1) is 6.58 Å². The Bertz CT molecular complexity index is 689. The number of carbonyl (C=O) groups is 2. The molecule has 0 atom stereocenters. The molecule has 0 fully saturated rings. The van der Waals surface area contributed by atoms with E-state index in [1.807, 2.05) is 13.0 Å². The lowest BCUT2D eigenvalue weighted by Gasteiger charge is -2.15. The predicted octanol–water partition coefficient (Wildman–Crippen LogP) is 6.97. The van der Waals surface area contributed by atoms with E-state index in [1.54, 1.807) is 12.1 Å². The molecule has 0 aliphatic heterocycles. The molecule has 0 saturated carbocycles. The molecule has 0 aliphatic carbocycles. The van der Waals surface area contributed by atoms with Crippen LogP contribution in [0.2, 0.25) is 0 Å². The first-order chi connectivity index (χ1) is 14.2. The standard InChI is InChI=1S/C26H40O4/c1-7-12-22-17-21(6)26(30-25(28)16-11-9-14-20(4)5)23(18-22)29-24(27)15-10-8-13-19(2)3/h7,17-20H,1,8-16H2,2-6H3. The summed E-state index contributed by atoms with van der Waals surface area (Å²) in [6.45, 7) is 14.3. The smallest absolute Gasteiger partial charge is 0.311 e. The summed E-state index contributed by atoms with van der Waals surface area (Å²) in [5, 5.41) is 0. The number of rotatable bonds is 14. The first-order valence-corrected chi connectivity index (χ1v) is 11.4. The monoisotopic (exact) mass is 416 g/mol. The fourth-order valence-corrected chi connectivity index (χ4v) is 3.29. The number of aryl methyl sites for hydroxylation is 1. The van der Waals surface area contributed by atoms with Crippen LogP contribution in [0.5, 0.6) is 11.5 Å². The second-order valence-corrected chi connectivity index (χ2v) is 8.96. The Balaban J connectivity index is 2.80. The fourth-order valence-electron chi connectivity index (χ4n) is 3.29. The Morgan fingerprint density at radius 2 is 1.43 bits per heavy atom. The molecule has 0 aliphatic rings. The summed E-state index contributed by atoms with van der Waals surface area (Å²) < 4.78 is 11.3. The van der Waals surface area contributed by atoms with Crippen LogP contribution in [0.25, 0.3) is 0 Å². The molecule has 1 aromatic rings. The van der Waals surface area contributed by atoms with E-state index in [2.05, 4.69) is 34.3 Å². The largest absolute Gasteiger partial charge is 0.422 e. The minimum absolute atomic E-state index is 0.285. The lowest BCUT2D eigenvalue weighted by molar-refractivity contribution is -0.137. The molecule has 0 bridgehead atoms. The Kier molecular flexibility index (Phi) is 12.1. The van der Waals surface area contributed by atoms with Crippen molar-refractivity contribution in [2.24, 2.45) is 11.8 Å². The minimum Gasteiger partial charge on any atom is -0.422 e. The number of allylic oxidation sites excluding steroid dienone is 1. The van der Waals surface area contributed by atoms with Gasteiger partial charge in [0.15, 0.2) is 11.5 Å². The molecule has 0 saturated heterocycles. The van der Waals surface area contributed by atoms with Crippen LogP contribution in [0.15, 0.2) is 24.8 Å². The van der Waals surface area contributed by atoms with Crippen LogP contribution < -0.4 is 9.47 Å². The number of unbranched alkanes of at least 4 members (excludes halogenated alkanes) is 2. The van der Waals surface area contributed by atoms with Crippen LogP contribution in [-0.4, -0.2) is 11.9 Å². The Hall–Kier alpha value is -2.10. The van der Waals surface area contributed by atoms with Crippen LogP contribution in [0.4, 0.5) is 0 Å². The van der Waals surface area contributed by atoms with Crippen molar-refractivity contribution >= 4 is 11.9 Å². The Morgan fingerprint density at radius 1 is 0.900 bits per heavy atom. The Morgan fingerprint density at radius 3 is 1.93 bits per heavy atom. The van der Waals surface area contributed by atoms with Crippen molar-refractivity contribution in [3.8, 4) is 11.5 Å². The van der Waals surface area contributed by atoms with E-state index >= 15 is 0 Å². The summed E-state index contributed by atoms with van der Waals surface area (Å²) in [4.78, 5) is 24.7. The number of hydrogen-bond donors (Lipinski definition) is 0. The highest BCUT2D eigenvalue weighted by atomic mass is 16.6. The maximum absolute atomic E-state index is 12.4. The lowest BCUT2D eigenvalue weighted by Crippen LogP contribution is -2.13. The zero-order valence-electron chi connectivity index (χ0n) is 19.6. The van der Waals surface area contributed by atoms with Gasteiger partial charge in [-0.2, -0.15) is 0 Å². The fraction of sp³-hybridized carbons (Fsp3) is 0.615. The van der Waals surface area contributed by atoms with E-state index < -0.39 is 0 Å². The molecule has 0 aromatic heterocycles. The summed E-state index contributed by atoms with van der Waals surface area (Å²) in [5.74, 6) is 1.37. The summed E-state index contributed by atoms with van der Waals surface area (Å²) in [5.41, 5.74) is 1.76. The van der Waals surface area contributed by atoms with Crippen LogP contribution in [0.3, 0.4) is 0 Å². The second kappa shape index (κ2) is 14.0. The molecule has 1 rings (SSSR count). The average Bonchev–Trinajstić information content (AvgIpc) is 2.65. The maximum Gasteiger partial charge on any atom is 0.311 e. The molecule has 0 unspecified atom stereocenters. The zero-order valence-corrected chi connectivity index (χ0v) is 19.6. The van der Waals surface area contributed by atoms with Gasteiger partial charge in [0.2, 0.25) is 0 Å². The first-order valence-electron chi connectivity index (χ1n) is 11.4. The van der Waals surface area contributed by atoms with E-state index in [4.69, 9.17) is 9.47 Å². The van der Waals surface area contributed by atoms with Crippen molar-refractivity contribution < 1.29 is 19.1 Å². The third kappa shape index (κ3) is 10.6. The van der Waals surface area contributed by atoms with E-state index in [1.165, 1.54) is 0 Å². The van der Waals surface area contributed by atoms with Gasteiger partial charge in [0.1, 0.15) is 0 Å². The van der Waals surface area contributed by atoms with Gasteiger partial charge in [0.25, 0.3) is 0 Å². The number of benzene rings is 1. The van der Waals surface area contributed by atoms with E-state index in [-0.39, 0.29) is 11.9 Å². The molecule has 30 heavy (non-hydrogen) atoms. The van der Waals surface area contributed by atoms with Gasteiger partial charge in [0.05, 0.1) is 0 Å². The second-order valence-electron chi connectivity index (χ2n) is 8.96. The number of ether oxygens (including phenoxy) is 2. The maximum atomic E-state index is 12.4. The number of esters is 2. The van der Waals surface area contributed by atoms with E-state index in [9.17, 15) is 9.59 Å². The molecule has 168 valence electrons. The normalized spacial score (nSPS) is 11.0. The summed E-state index contributed by atoms with van der Waals surface area (Å²) in [6.07, 6.45) is 8.98. The quantitative estimate of drug-likeness (QED) is 0.142. The van der Waals surface area contributed by atoms with Crippen molar-refractivity contribution in [3.05, 3.63) is 35.9 Å². The van der Waals surface area contributed by atoms with Gasteiger partial charge in [-0.3, -0.25) is 9.59 Å². The van der Waals surface area contributed by atoms with Crippen molar-refractivity contribution in [1.29, 1.82) is 0 Å². The molecule has 0 N–H and O–H groups in total. The van der Waals surface area contributed by atoms with Crippen LogP contribution >= 0.6 is 0 Å². The third-order valence-corrected chi connectivity index (χ3v) is 4.94. The van der Waals surface area contributed by atoms with Crippen molar-refractivity contribution in [2.75, 3.05) is 0 Å². The molecule has 1 aromatic carbocycles. The Labute approximate surface area is 183 Å². The first kappa shape index (κ1) is 25.9. The molecule has 4 heteroatoms. The van der Waals surface area contributed by atoms with Gasteiger partial charge in [-0.05, 0) is 55.2 Å². The number of hydrogen-bond acceptors (Lipinski definition) is 4. The minimum atomic E-state index is -0.289. The average molecular weight is 417 g/mol. The zero-order chi connectivity index (χ0) is 22.5. The van der Waals surface area contributed by atoms with Crippen molar-refractivity contribution in [3.63, 3.8) is 0 Å². The molecule has 0 spiro atoms. The molecular formula is C26H40O4. The molecule has 0 amide bonds. The van der Waals surface area contributed by atoms with Crippen LogP contribution in [0.1, 0.15) is 90.2 Å². The molecular weight excluding hydrogens is 376 g/mol. The number of carbonyl (C=O) groups excluding carboxylic acids is 2. The SMILES string of the molecule is C=CCc1cc(C)c(OC(=O)CCCCC(C)C)c(OC(=O)CCCCC(C)C)c1. The van der Waals surface area contributed by atoms with Crippen LogP contribution in [0, 0.1) is 18.8 Å². The van der Waals surface area contributed by atoms with Crippen molar-refractivity contribution in [2.45, 2.75) is 92.4 Å². The summed E-state index contributed by atoms with van der Waals surface area (Å²) in [7, 11) is 0. The molecule has 4 nitrogen and oxygen atoms in total. The lowest BCUT2D eigenvalue weighted by atomic mass is 10.1. The summed E-state index contributed by atoms with van der Waals surface area (Å²) in [6, 6.07) is 3.73. The van der Waals surface area contributed by atoms with Gasteiger partial charge in [-0.25, -0.2) is 0 Å². The predicted molar refractivity (Wildman–Crippen MR) is 123 cm³/mol. The van der Waals surface area contributed by atoms with Crippen molar-refractivity contribution in [1.82, 2.24) is 0 Å². The van der Waals surface area contributed by atoms with Gasteiger partial charge >= 0.3 is 11.9 Å². The molecule has 0 heterocycles. The summed E-state index contributed by atoms with van der Waals surface area (Å²) >= 11 is 0. The third-order valence-electron chi connectivity index (χ3n) is 4.94. The van der Waals surface area contributed by atoms with E-state index in [0.29, 0.717) is 42.6 Å². The topological polar surface area (TPSA) is 52.6 Å². The highest BCUT2D eigenvalue weighted by Gasteiger charge is 2.17. The van der Waals surface area contributed by atoms with Gasteiger partial charge in [-0.1, -0.05) is 65.5 Å². The van der Waals surface area contributed by atoms with Gasteiger partial charge < -0.3 is 9.47 Å². The molecule has 0 radical (unpaired) electrons. The van der Waals surface area contributed by atoms with E-state index in [0.717, 1.165) is 49.7 Å². The highest BCUT2D eigenvalue weighted by molar-refractivity contribution is 5.77. The van der Waals surface area contributed by atoms with Gasteiger partial charge in [0, 0.05) is 12.8 Å². The van der Waals surface area contributed by atoms with Crippen LogP contribution in [-0.2, 0) is 16.0 Å².